The van der Waals surface area contributed by atoms with E-state index < -0.39 is 0 Å². The van der Waals surface area contributed by atoms with Crippen LogP contribution in [0.15, 0.2) is 57.2 Å². The summed E-state index contributed by atoms with van der Waals surface area (Å²) in [5, 5.41) is 23.1. The van der Waals surface area contributed by atoms with Gasteiger partial charge < -0.3 is 10.6 Å². The molecule has 2 aromatic heterocycles. The van der Waals surface area contributed by atoms with Crippen molar-refractivity contribution in [3.63, 3.8) is 0 Å². The first-order valence-corrected chi connectivity index (χ1v) is 14.2. The van der Waals surface area contributed by atoms with E-state index in [1.165, 1.54) is 46.2 Å². The van der Waals surface area contributed by atoms with Crippen molar-refractivity contribution >= 4 is 75.2 Å². The summed E-state index contributed by atoms with van der Waals surface area (Å²) in [5.74, 6) is -0.0462. The molecule has 0 spiro atoms. The highest BCUT2D eigenvalue weighted by molar-refractivity contribution is 8.01. The van der Waals surface area contributed by atoms with Crippen LogP contribution in [0.5, 0.6) is 0 Å². The lowest BCUT2D eigenvalue weighted by atomic mass is 10.0. The van der Waals surface area contributed by atoms with Crippen molar-refractivity contribution in [1.82, 2.24) is 20.4 Å². The summed E-state index contributed by atoms with van der Waals surface area (Å²) in [6.45, 7) is 3.73. The van der Waals surface area contributed by atoms with Crippen molar-refractivity contribution in [1.29, 1.82) is 0 Å². The largest absolute Gasteiger partial charge is 0.325 e. The Kier molecular flexibility index (Phi) is 8.80. The Hall–Kier alpha value is -3.13. The Bertz CT molecular complexity index is 1270. The normalized spacial score (nSPS) is 10.7. The topological polar surface area (TPSA) is 127 Å². The third kappa shape index (κ3) is 7.43. The van der Waals surface area contributed by atoms with E-state index in [1.54, 1.807) is 48.5 Å². The predicted octanol–water partition coefficient (Wildman–Crippen LogP) is 4.70. The summed E-state index contributed by atoms with van der Waals surface area (Å²) in [7, 11) is 0. The fourth-order valence-corrected chi connectivity index (χ4v) is 6.13. The van der Waals surface area contributed by atoms with Gasteiger partial charge in [-0.3, -0.25) is 14.4 Å². The van der Waals surface area contributed by atoms with Gasteiger partial charge in [-0.05, 0) is 62.4 Å². The quantitative estimate of drug-likeness (QED) is 0.211. The van der Waals surface area contributed by atoms with Crippen molar-refractivity contribution in [2.24, 2.45) is 0 Å². The van der Waals surface area contributed by atoms with Crippen LogP contribution >= 0.6 is 46.2 Å². The van der Waals surface area contributed by atoms with Gasteiger partial charge in [-0.25, -0.2) is 0 Å². The molecule has 0 aliphatic carbocycles. The summed E-state index contributed by atoms with van der Waals surface area (Å²) < 4.78 is 1.49. The van der Waals surface area contributed by atoms with E-state index in [0.29, 0.717) is 22.5 Å². The van der Waals surface area contributed by atoms with Crippen LogP contribution in [-0.4, -0.2) is 49.5 Å². The Labute approximate surface area is 223 Å². The number of nitrogens with one attached hydrogen (secondary N) is 2. The van der Waals surface area contributed by atoms with Crippen LogP contribution in [0.25, 0.3) is 0 Å². The molecule has 0 saturated carbocycles. The molecule has 0 radical (unpaired) electrons. The predicted molar refractivity (Wildman–Crippen MR) is 144 cm³/mol. The third-order valence-corrected chi connectivity index (χ3v) is 8.47. The minimum absolute atomic E-state index is 0.157. The van der Waals surface area contributed by atoms with Gasteiger partial charge in [-0.15, -0.1) is 20.4 Å². The molecule has 2 heterocycles. The first kappa shape index (κ1) is 25.9. The number of rotatable bonds is 10. The average Bonchev–Trinajstić information content (AvgIpc) is 3.49. The number of hydrogen-bond donors (Lipinski definition) is 2. The highest BCUT2D eigenvalue weighted by Gasteiger charge is 2.12. The SMILES string of the molecule is Cc1nnc(SCC(=O)Nc2ccc(C(=O)c3ccc(NC(=O)CSc4nnc(C)s4)cc3)cc2)s1. The maximum atomic E-state index is 12.8. The molecule has 4 rings (SSSR count). The number of ketones is 1. The second kappa shape index (κ2) is 12.2. The Morgan fingerprint density at radius 2 is 1.06 bits per heavy atom. The molecule has 4 aromatic rings. The molecular formula is C23H20N6O3S4. The van der Waals surface area contributed by atoms with Crippen LogP contribution in [0.3, 0.4) is 0 Å². The molecule has 0 fully saturated rings. The second-order valence-electron chi connectivity index (χ2n) is 7.33. The number of aryl methyl sites for hydroxylation is 2. The minimum atomic E-state index is -0.165. The van der Waals surface area contributed by atoms with Gasteiger partial charge >= 0.3 is 0 Å². The number of amides is 2. The van der Waals surface area contributed by atoms with Crippen molar-refractivity contribution in [3.8, 4) is 0 Å². The smallest absolute Gasteiger partial charge is 0.234 e. The first-order chi connectivity index (χ1) is 17.4. The number of aromatic nitrogens is 4. The summed E-state index contributed by atoms with van der Waals surface area (Å²) in [4.78, 5) is 37.2. The fourth-order valence-electron chi connectivity index (χ4n) is 2.90. The molecule has 0 aliphatic rings. The number of anilines is 2. The monoisotopic (exact) mass is 556 g/mol. The molecule has 36 heavy (non-hydrogen) atoms. The van der Waals surface area contributed by atoms with Crippen LogP contribution < -0.4 is 10.6 Å². The van der Waals surface area contributed by atoms with E-state index in [0.717, 1.165) is 18.7 Å². The highest BCUT2D eigenvalue weighted by Crippen LogP contribution is 2.23. The standard InChI is InChI=1S/C23H20N6O3S4/c1-13-26-28-22(35-13)33-11-19(30)24-17-7-3-15(4-8-17)21(32)16-5-9-18(10-6-16)25-20(31)12-34-23-29-27-14(2)36-23/h3-10H,11-12H2,1-2H3,(H,24,30)(H,25,31). The van der Waals surface area contributed by atoms with Crippen LogP contribution in [0.4, 0.5) is 11.4 Å². The zero-order valence-corrected chi connectivity index (χ0v) is 22.4. The molecule has 13 heteroatoms. The zero-order valence-electron chi connectivity index (χ0n) is 19.2. The molecule has 184 valence electrons. The van der Waals surface area contributed by atoms with Crippen molar-refractivity contribution in [2.45, 2.75) is 22.5 Å². The van der Waals surface area contributed by atoms with Gasteiger partial charge in [0.05, 0.1) is 11.5 Å². The number of thioether (sulfide) groups is 2. The Morgan fingerprint density at radius 1 is 0.667 bits per heavy atom. The summed E-state index contributed by atoms with van der Waals surface area (Å²) in [6.07, 6.45) is 0. The van der Waals surface area contributed by atoms with E-state index in [9.17, 15) is 14.4 Å². The van der Waals surface area contributed by atoms with Crippen molar-refractivity contribution < 1.29 is 14.4 Å². The van der Waals surface area contributed by atoms with Crippen molar-refractivity contribution in [2.75, 3.05) is 22.1 Å². The van der Waals surface area contributed by atoms with Crippen LogP contribution in [0, 0.1) is 13.8 Å². The van der Waals surface area contributed by atoms with Crippen molar-refractivity contribution in [3.05, 3.63) is 69.7 Å². The van der Waals surface area contributed by atoms with E-state index in [2.05, 4.69) is 31.0 Å². The Balaban J connectivity index is 1.26. The van der Waals surface area contributed by atoms with E-state index >= 15 is 0 Å². The lowest BCUT2D eigenvalue weighted by Crippen LogP contribution is -2.14. The number of carbonyl (C=O) groups excluding carboxylic acids is 3. The van der Waals surface area contributed by atoms with Gasteiger partial charge in [0.15, 0.2) is 14.5 Å². The maximum absolute atomic E-state index is 12.8. The maximum Gasteiger partial charge on any atom is 0.234 e. The zero-order chi connectivity index (χ0) is 25.5. The van der Waals surface area contributed by atoms with Crippen LogP contribution in [0.2, 0.25) is 0 Å². The lowest BCUT2D eigenvalue weighted by molar-refractivity contribution is -0.114. The third-order valence-electron chi connectivity index (χ3n) is 4.53. The Morgan fingerprint density at radius 3 is 1.39 bits per heavy atom. The first-order valence-electron chi connectivity index (χ1n) is 10.6. The molecule has 0 unspecified atom stereocenters. The second-order valence-corrected chi connectivity index (χ2v) is 12.1. The van der Waals surface area contributed by atoms with Gasteiger partial charge in [-0.2, -0.15) is 0 Å². The molecule has 0 bridgehead atoms. The molecule has 0 aliphatic heterocycles. The minimum Gasteiger partial charge on any atom is -0.325 e. The molecule has 2 aromatic carbocycles. The number of hydrogen-bond acceptors (Lipinski definition) is 11. The lowest BCUT2D eigenvalue weighted by Gasteiger charge is -2.07. The molecule has 2 amide bonds. The highest BCUT2D eigenvalue weighted by atomic mass is 32.2. The number of nitrogens with zero attached hydrogens (tertiary/aromatic N) is 4. The van der Waals surface area contributed by atoms with E-state index in [-0.39, 0.29) is 29.1 Å². The van der Waals surface area contributed by atoms with Gasteiger partial charge in [-0.1, -0.05) is 46.2 Å². The number of benzene rings is 2. The summed E-state index contributed by atoms with van der Waals surface area (Å²) in [6, 6.07) is 13.4. The average molecular weight is 557 g/mol. The van der Waals surface area contributed by atoms with Gasteiger partial charge in [0.2, 0.25) is 11.8 Å². The summed E-state index contributed by atoms with van der Waals surface area (Å²) in [5.41, 5.74) is 2.19. The summed E-state index contributed by atoms with van der Waals surface area (Å²) >= 11 is 5.54. The molecule has 2 N–H and O–H groups in total. The molecule has 0 atom stereocenters. The van der Waals surface area contributed by atoms with E-state index in [4.69, 9.17) is 0 Å². The van der Waals surface area contributed by atoms with E-state index in [1.807, 2.05) is 13.8 Å². The van der Waals surface area contributed by atoms with Crippen LogP contribution in [0.1, 0.15) is 25.9 Å². The van der Waals surface area contributed by atoms with Crippen LogP contribution in [-0.2, 0) is 9.59 Å². The molecule has 0 saturated heterocycles. The van der Waals surface area contributed by atoms with Gasteiger partial charge in [0.1, 0.15) is 10.0 Å². The molecular weight excluding hydrogens is 537 g/mol. The van der Waals surface area contributed by atoms with Gasteiger partial charge in [0.25, 0.3) is 0 Å². The fraction of sp³-hybridized carbons (Fsp3) is 0.174. The number of carbonyl (C=O) groups is 3. The molecule has 9 nitrogen and oxygen atoms in total. The van der Waals surface area contributed by atoms with Gasteiger partial charge in [0, 0.05) is 22.5 Å².